The summed E-state index contributed by atoms with van der Waals surface area (Å²) in [5.41, 5.74) is -1.43. The summed E-state index contributed by atoms with van der Waals surface area (Å²) in [4.78, 5) is 12.1. The summed E-state index contributed by atoms with van der Waals surface area (Å²) in [5, 5.41) is 7.01. The van der Waals surface area contributed by atoms with Gasteiger partial charge in [-0.05, 0) is 18.2 Å². The number of ketones is 1. The third-order valence-corrected chi connectivity index (χ3v) is 2.97. The Morgan fingerprint density at radius 2 is 2.05 bits per heavy atom. The van der Waals surface area contributed by atoms with Crippen LogP contribution in [0, 0.1) is 0 Å². The van der Waals surface area contributed by atoms with Crippen LogP contribution in [-0.2, 0) is 13.2 Å². The van der Waals surface area contributed by atoms with Crippen LogP contribution >= 0.6 is 15.9 Å². The van der Waals surface area contributed by atoms with E-state index in [9.17, 15) is 18.0 Å². The minimum atomic E-state index is -4.61. The van der Waals surface area contributed by atoms with E-state index in [4.69, 9.17) is 0 Å². The van der Waals surface area contributed by atoms with Gasteiger partial charge in [0.05, 0.1) is 11.8 Å². The third kappa shape index (κ3) is 2.67. The van der Waals surface area contributed by atoms with E-state index in [0.717, 1.165) is 23.0 Å². The zero-order valence-electron chi connectivity index (χ0n) is 9.57. The number of alkyl halides is 3. The minimum absolute atomic E-state index is 0.00665. The lowest BCUT2D eigenvalue weighted by atomic mass is 10.0. The molecule has 0 saturated heterocycles. The first-order chi connectivity index (χ1) is 8.80. The van der Waals surface area contributed by atoms with Crippen LogP contribution in [0.2, 0.25) is 0 Å². The van der Waals surface area contributed by atoms with Crippen molar-refractivity contribution in [2.45, 2.75) is 6.18 Å². The number of carbonyl (C=O) groups is 1. The highest BCUT2D eigenvalue weighted by Gasteiger charge is 2.36. The molecule has 0 unspecified atom stereocenters. The smallest absolute Gasteiger partial charge is 0.287 e. The van der Waals surface area contributed by atoms with Crippen molar-refractivity contribution in [2.75, 3.05) is 0 Å². The van der Waals surface area contributed by atoms with Gasteiger partial charge in [-0.2, -0.15) is 13.2 Å². The van der Waals surface area contributed by atoms with Crippen molar-refractivity contribution in [3.05, 3.63) is 45.7 Å². The van der Waals surface area contributed by atoms with E-state index in [0.29, 0.717) is 0 Å². The molecule has 2 aromatic rings. The van der Waals surface area contributed by atoms with E-state index >= 15 is 0 Å². The van der Waals surface area contributed by atoms with Crippen LogP contribution in [0.5, 0.6) is 0 Å². The standard InChI is InChI=1S/C11H7BrF3N3O/c1-18-9(5-16-17-18)10(19)7-3-2-6(12)4-8(7)11(13,14)15/h2-5H,1H3. The fourth-order valence-corrected chi connectivity index (χ4v) is 1.94. The first-order valence-electron chi connectivity index (χ1n) is 5.07. The monoisotopic (exact) mass is 333 g/mol. The molecule has 19 heavy (non-hydrogen) atoms. The predicted octanol–water partition coefficient (Wildman–Crippen LogP) is 2.83. The number of rotatable bonds is 2. The van der Waals surface area contributed by atoms with E-state index in [1.165, 1.54) is 13.1 Å². The molecule has 0 fully saturated rings. The van der Waals surface area contributed by atoms with E-state index in [1.54, 1.807) is 0 Å². The van der Waals surface area contributed by atoms with Crippen molar-refractivity contribution in [2.24, 2.45) is 7.05 Å². The van der Waals surface area contributed by atoms with Gasteiger partial charge in [-0.25, -0.2) is 4.68 Å². The molecule has 0 saturated carbocycles. The lowest BCUT2D eigenvalue weighted by molar-refractivity contribution is -0.137. The summed E-state index contributed by atoms with van der Waals surface area (Å²) in [6, 6.07) is 3.38. The molecule has 0 bridgehead atoms. The van der Waals surface area contributed by atoms with Gasteiger partial charge in [0.2, 0.25) is 5.78 Å². The maximum Gasteiger partial charge on any atom is 0.417 e. The maximum absolute atomic E-state index is 12.9. The highest BCUT2D eigenvalue weighted by Crippen LogP contribution is 2.34. The quantitative estimate of drug-likeness (QED) is 0.794. The van der Waals surface area contributed by atoms with Crippen LogP contribution in [0.4, 0.5) is 13.2 Å². The Bertz CT molecular complexity index is 636. The number of aryl methyl sites for hydroxylation is 1. The fraction of sp³-hybridized carbons (Fsp3) is 0.182. The van der Waals surface area contributed by atoms with Gasteiger partial charge in [0.15, 0.2) is 0 Å². The second-order valence-electron chi connectivity index (χ2n) is 3.76. The Morgan fingerprint density at radius 1 is 1.37 bits per heavy atom. The number of hydrogen-bond donors (Lipinski definition) is 0. The van der Waals surface area contributed by atoms with Crippen molar-refractivity contribution in [3.8, 4) is 0 Å². The highest BCUT2D eigenvalue weighted by atomic mass is 79.9. The molecule has 0 spiro atoms. The summed E-state index contributed by atoms with van der Waals surface area (Å²) in [6.07, 6.45) is -3.48. The average Bonchev–Trinajstić information content (AvgIpc) is 2.73. The van der Waals surface area contributed by atoms with Crippen molar-refractivity contribution in [1.82, 2.24) is 15.0 Å². The molecule has 1 aromatic heterocycles. The van der Waals surface area contributed by atoms with Crippen LogP contribution in [-0.4, -0.2) is 20.8 Å². The van der Waals surface area contributed by atoms with Gasteiger partial charge in [0, 0.05) is 17.1 Å². The number of halogens is 4. The number of aromatic nitrogens is 3. The van der Waals surface area contributed by atoms with Gasteiger partial charge < -0.3 is 0 Å². The number of benzene rings is 1. The fourth-order valence-electron chi connectivity index (χ4n) is 1.58. The van der Waals surface area contributed by atoms with Gasteiger partial charge in [0.1, 0.15) is 5.69 Å². The first-order valence-corrected chi connectivity index (χ1v) is 5.86. The summed E-state index contributed by atoms with van der Waals surface area (Å²) >= 11 is 2.96. The van der Waals surface area contributed by atoms with Gasteiger partial charge in [-0.1, -0.05) is 21.1 Å². The van der Waals surface area contributed by atoms with E-state index < -0.39 is 23.1 Å². The molecule has 1 aromatic carbocycles. The zero-order chi connectivity index (χ0) is 14.2. The third-order valence-electron chi connectivity index (χ3n) is 2.48. The highest BCUT2D eigenvalue weighted by molar-refractivity contribution is 9.10. The van der Waals surface area contributed by atoms with Crippen LogP contribution in [0.3, 0.4) is 0 Å². The normalized spacial score (nSPS) is 11.6. The Hall–Kier alpha value is -1.70. The first kappa shape index (κ1) is 13.7. The molecular formula is C11H7BrF3N3O. The topological polar surface area (TPSA) is 47.8 Å². The average molecular weight is 334 g/mol. The molecule has 0 atom stereocenters. The van der Waals surface area contributed by atoms with Gasteiger partial charge >= 0.3 is 6.18 Å². The van der Waals surface area contributed by atoms with Crippen LogP contribution in [0.25, 0.3) is 0 Å². The van der Waals surface area contributed by atoms with Crippen molar-refractivity contribution < 1.29 is 18.0 Å². The SMILES string of the molecule is Cn1nncc1C(=O)c1ccc(Br)cc1C(F)(F)F. The molecule has 0 N–H and O–H groups in total. The van der Waals surface area contributed by atoms with Crippen LogP contribution in [0.1, 0.15) is 21.6 Å². The molecule has 2 rings (SSSR count). The molecule has 0 aliphatic carbocycles. The number of carbonyl (C=O) groups excluding carboxylic acids is 1. The molecule has 0 amide bonds. The molecule has 8 heteroatoms. The lowest BCUT2D eigenvalue weighted by Gasteiger charge is -2.12. The minimum Gasteiger partial charge on any atom is -0.287 e. The van der Waals surface area contributed by atoms with Gasteiger partial charge in [-0.3, -0.25) is 4.79 Å². The van der Waals surface area contributed by atoms with Crippen molar-refractivity contribution >= 4 is 21.7 Å². The largest absolute Gasteiger partial charge is 0.417 e. The van der Waals surface area contributed by atoms with Crippen LogP contribution < -0.4 is 0 Å². The van der Waals surface area contributed by atoms with Crippen LogP contribution in [0.15, 0.2) is 28.9 Å². The van der Waals surface area contributed by atoms with Gasteiger partial charge in [-0.15, -0.1) is 5.10 Å². The predicted molar refractivity (Wildman–Crippen MR) is 63.6 cm³/mol. The number of hydrogen-bond acceptors (Lipinski definition) is 3. The summed E-state index contributed by atoms with van der Waals surface area (Å²) < 4.78 is 40.1. The van der Waals surface area contributed by atoms with E-state index in [1.807, 2.05) is 0 Å². The molecule has 0 aliphatic heterocycles. The Morgan fingerprint density at radius 3 is 2.58 bits per heavy atom. The Labute approximate surface area is 114 Å². The molecule has 1 heterocycles. The molecule has 100 valence electrons. The molecular weight excluding hydrogens is 327 g/mol. The second-order valence-corrected chi connectivity index (χ2v) is 4.68. The summed E-state index contributed by atoms with van der Waals surface area (Å²) in [6.45, 7) is 0. The maximum atomic E-state index is 12.9. The lowest BCUT2D eigenvalue weighted by Crippen LogP contribution is -2.16. The summed E-state index contributed by atoms with van der Waals surface area (Å²) in [7, 11) is 1.44. The van der Waals surface area contributed by atoms with E-state index in [2.05, 4.69) is 26.2 Å². The molecule has 0 radical (unpaired) electrons. The Balaban J connectivity index is 2.57. The zero-order valence-corrected chi connectivity index (χ0v) is 11.2. The molecule has 0 aliphatic rings. The van der Waals surface area contributed by atoms with Crippen molar-refractivity contribution in [1.29, 1.82) is 0 Å². The van der Waals surface area contributed by atoms with Crippen molar-refractivity contribution in [3.63, 3.8) is 0 Å². The second kappa shape index (κ2) is 4.76. The van der Waals surface area contributed by atoms with Gasteiger partial charge in [0.25, 0.3) is 0 Å². The summed E-state index contributed by atoms with van der Waals surface area (Å²) in [5.74, 6) is -0.771. The van der Waals surface area contributed by atoms with E-state index in [-0.39, 0.29) is 10.2 Å². The molecule has 4 nitrogen and oxygen atoms in total. The number of nitrogens with zero attached hydrogens (tertiary/aromatic N) is 3. The Kier molecular flexibility index (Phi) is 3.44.